The second kappa shape index (κ2) is 6.07. The van der Waals surface area contributed by atoms with Gasteiger partial charge < -0.3 is 10.2 Å². The van der Waals surface area contributed by atoms with E-state index < -0.39 is 0 Å². The lowest BCUT2D eigenvalue weighted by atomic mass is 9.83. The fourth-order valence-corrected chi connectivity index (χ4v) is 4.14. The van der Waals surface area contributed by atoms with Crippen LogP contribution in [0.15, 0.2) is 16.8 Å². The lowest BCUT2D eigenvalue weighted by Gasteiger charge is -2.33. The van der Waals surface area contributed by atoms with Gasteiger partial charge in [0.1, 0.15) is 0 Å². The van der Waals surface area contributed by atoms with E-state index in [-0.39, 0.29) is 0 Å². The Kier molecular flexibility index (Phi) is 4.21. The number of nitrogens with zero attached hydrogens (tertiary/aromatic N) is 1. The molecule has 2 fully saturated rings. The van der Waals surface area contributed by atoms with Crippen LogP contribution in [0.25, 0.3) is 0 Å². The third-order valence-corrected chi connectivity index (χ3v) is 5.19. The molecule has 0 bridgehead atoms. The quantitative estimate of drug-likeness (QED) is 0.879. The van der Waals surface area contributed by atoms with Crippen LogP contribution < -0.4 is 10.2 Å². The largest absolute Gasteiger partial charge is 0.369 e. The van der Waals surface area contributed by atoms with Crippen molar-refractivity contribution in [2.24, 2.45) is 5.92 Å². The molecular weight excluding hydrogens is 240 g/mol. The molecule has 1 aliphatic heterocycles. The number of hydrogen-bond donors (Lipinski definition) is 1. The third kappa shape index (κ3) is 2.89. The zero-order valence-electron chi connectivity index (χ0n) is 11.1. The summed E-state index contributed by atoms with van der Waals surface area (Å²) in [6.45, 7) is 3.62. The molecule has 1 saturated heterocycles. The monoisotopic (exact) mass is 264 g/mol. The molecule has 1 aliphatic carbocycles. The van der Waals surface area contributed by atoms with E-state index in [1.807, 2.05) is 11.3 Å². The molecule has 100 valence electrons. The highest BCUT2D eigenvalue weighted by atomic mass is 32.1. The lowest BCUT2D eigenvalue weighted by molar-refractivity contribution is 0.277. The maximum Gasteiger partial charge on any atom is 0.0475 e. The number of nitrogens with one attached hydrogen (secondary N) is 1. The summed E-state index contributed by atoms with van der Waals surface area (Å²) in [7, 11) is 0. The van der Waals surface area contributed by atoms with Crippen molar-refractivity contribution in [1.82, 2.24) is 5.32 Å². The zero-order chi connectivity index (χ0) is 12.2. The van der Waals surface area contributed by atoms with E-state index in [0.717, 1.165) is 5.92 Å². The molecule has 0 radical (unpaired) electrons. The van der Waals surface area contributed by atoms with Gasteiger partial charge in [-0.15, -0.1) is 0 Å². The van der Waals surface area contributed by atoms with Crippen LogP contribution >= 0.6 is 11.3 Å². The predicted octanol–water partition coefficient (Wildman–Crippen LogP) is 3.50. The van der Waals surface area contributed by atoms with Crippen molar-refractivity contribution in [1.29, 1.82) is 0 Å². The number of hydrogen-bond acceptors (Lipinski definition) is 3. The van der Waals surface area contributed by atoms with Crippen molar-refractivity contribution in [2.75, 3.05) is 24.5 Å². The van der Waals surface area contributed by atoms with Crippen molar-refractivity contribution in [3.63, 3.8) is 0 Å². The molecular formula is C15H24N2S. The van der Waals surface area contributed by atoms with Gasteiger partial charge in [0.2, 0.25) is 0 Å². The van der Waals surface area contributed by atoms with Crippen molar-refractivity contribution >= 4 is 17.0 Å². The molecule has 1 aromatic heterocycles. The molecule has 0 aromatic carbocycles. The van der Waals surface area contributed by atoms with E-state index >= 15 is 0 Å². The highest BCUT2D eigenvalue weighted by Crippen LogP contribution is 2.29. The Morgan fingerprint density at radius 2 is 2.06 bits per heavy atom. The molecule has 1 unspecified atom stereocenters. The van der Waals surface area contributed by atoms with E-state index in [0.29, 0.717) is 6.04 Å². The fraction of sp³-hybridized carbons (Fsp3) is 0.733. The Labute approximate surface area is 114 Å². The Hall–Kier alpha value is -0.540. The summed E-state index contributed by atoms with van der Waals surface area (Å²) in [6, 6.07) is 2.99. The van der Waals surface area contributed by atoms with Gasteiger partial charge in [0.05, 0.1) is 0 Å². The van der Waals surface area contributed by atoms with Gasteiger partial charge in [-0.05, 0) is 43.2 Å². The minimum Gasteiger partial charge on any atom is -0.369 e. The van der Waals surface area contributed by atoms with Gasteiger partial charge in [-0.1, -0.05) is 19.3 Å². The van der Waals surface area contributed by atoms with Crippen LogP contribution in [0.2, 0.25) is 0 Å². The molecule has 18 heavy (non-hydrogen) atoms. The third-order valence-electron chi connectivity index (χ3n) is 4.52. The Bertz CT molecular complexity index is 343. The van der Waals surface area contributed by atoms with Gasteiger partial charge in [-0.25, -0.2) is 0 Å². The van der Waals surface area contributed by atoms with Crippen LogP contribution in [0.1, 0.15) is 38.5 Å². The second-order valence-electron chi connectivity index (χ2n) is 5.74. The van der Waals surface area contributed by atoms with Gasteiger partial charge in [0.25, 0.3) is 0 Å². The molecule has 3 heteroatoms. The molecule has 1 N–H and O–H groups in total. The number of thiophene rings is 1. The van der Waals surface area contributed by atoms with Crippen LogP contribution in [0, 0.1) is 5.92 Å². The molecule has 0 amide bonds. The van der Waals surface area contributed by atoms with Crippen molar-refractivity contribution in [2.45, 2.75) is 44.6 Å². The predicted molar refractivity (Wildman–Crippen MR) is 79.5 cm³/mol. The van der Waals surface area contributed by atoms with E-state index in [1.165, 1.54) is 63.8 Å². The van der Waals surface area contributed by atoms with Gasteiger partial charge in [-0.2, -0.15) is 11.3 Å². The van der Waals surface area contributed by atoms with E-state index in [2.05, 4.69) is 27.0 Å². The summed E-state index contributed by atoms with van der Waals surface area (Å²) >= 11 is 1.81. The van der Waals surface area contributed by atoms with Crippen LogP contribution in [0.5, 0.6) is 0 Å². The number of anilines is 1. The van der Waals surface area contributed by atoms with Gasteiger partial charge in [0.15, 0.2) is 0 Å². The minimum absolute atomic E-state index is 0.715. The first-order chi connectivity index (χ1) is 8.93. The van der Waals surface area contributed by atoms with Crippen molar-refractivity contribution < 1.29 is 0 Å². The standard InChI is InChI=1S/C15H24N2S/c1-2-5-13(6-3-1)15-11-17(9-4-8-16-15)14-7-10-18-12-14/h7,10,12-13,15-16H,1-6,8-9,11H2. The summed E-state index contributed by atoms with van der Waals surface area (Å²) in [4.78, 5) is 2.59. The average molecular weight is 264 g/mol. The molecule has 2 heterocycles. The zero-order valence-corrected chi connectivity index (χ0v) is 11.9. The maximum atomic E-state index is 3.80. The molecule has 1 saturated carbocycles. The second-order valence-corrected chi connectivity index (χ2v) is 6.52. The number of rotatable bonds is 2. The highest BCUT2D eigenvalue weighted by Gasteiger charge is 2.26. The molecule has 1 atom stereocenters. The topological polar surface area (TPSA) is 15.3 Å². The molecule has 2 nitrogen and oxygen atoms in total. The molecule has 0 spiro atoms. The van der Waals surface area contributed by atoms with Gasteiger partial charge >= 0.3 is 0 Å². The minimum atomic E-state index is 0.715. The SMILES string of the molecule is c1cc(N2CCCNC(C3CCCCC3)C2)cs1. The van der Waals surface area contributed by atoms with E-state index in [9.17, 15) is 0 Å². The average Bonchev–Trinajstić information content (AvgIpc) is 2.85. The summed E-state index contributed by atoms with van der Waals surface area (Å²) in [6.07, 6.45) is 8.50. The van der Waals surface area contributed by atoms with Crippen molar-refractivity contribution in [3.05, 3.63) is 16.8 Å². The summed E-state index contributed by atoms with van der Waals surface area (Å²) in [5.74, 6) is 0.915. The van der Waals surface area contributed by atoms with Crippen LogP contribution in [0.4, 0.5) is 5.69 Å². The maximum absolute atomic E-state index is 3.80. The molecule has 2 aliphatic rings. The first kappa shape index (κ1) is 12.5. The Balaban J connectivity index is 1.67. The van der Waals surface area contributed by atoms with Gasteiger partial charge in [-0.3, -0.25) is 0 Å². The first-order valence-corrected chi connectivity index (χ1v) is 8.38. The van der Waals surface area contributed by atoms with Crippen LogP contribution in [-0.2, 0) is 0 Å². The molecule has 1 aromatic rings. The summed E-state index contributed by atoms with van der Waals surface area (Å²) in [5.41, 5.74) is 1.43. The van der Waals surface area contributed by atoms with Crippen molar-refractivity contribution in [3.8, 4) is 0 Å². The highest BCUT2D eigenvalue weighted by molar-refractivity contribution is 7.08. The van der Waals surface area contributed by atoms with Gasteiger partial charge in [0, 0.05) is 30.2 Å². The normalized spacial score (nSPS) is 27.1. The van der Waals surface area contributed by atoms with E-state index in [4.69, 9.17) is 0 Å². The summed E-state index contributed by atoms with van der Waals surface area (Å²) < 4.78 is 0. The van der Waals surface area contributed by atoms with Crippen LogP contribution in [0.3, 0.4) is 0 Å². The first-order valence-electron chi connectivity index (χ1n) is 7.44. The fourth-order valence-electron chi connectivity index (χ4n) is 3.47. The molecule has 3 rings (SSSR count). The lowest BCUT2D eigenvalue weighted by Crippen LogP contribution is -2.43. The smallest absolute Gasteiger partial charge is 0.0475 e. The van der Waals surface area contributed by atoms with E-state index in [1.54, 1.807) is 0 Å². The summed E-state index contributed by atoms with van der Waals surface area (Å²) in [5, 5.41) is 8.30. The Morgan fingerprint density at radius 3 is 2.83 bits per heavy atom. The van der Waals surface area contributed by atoms with Crippen LogP contribution in [-0.4, -0.2) is 25.7 Å². The Morgan fingerprint density at radius 1 is 1.17 bits per heavy atom.